The Labute approximate surface area is 207 Å². The van der Waals surface area contributed by atoms with Gasteiger partial charge in [-0.3, -0.25) is 14.4 Å². The predicted molar refractivity (Wildman–Crippen MR) is 136 cm³/mol. The number of hydrogen-bond donors (Lipinski definition) is 3. The molecule has 1 saturated carbocycles. The average molecular weight is 487 g/mol. The molecule has 1 aliphatic rings. The van der Waals surface area contributed by atoms with Gasteiger partial charge in [-0.15, -0.1) is 0 Å². The minimum absolute atomic E-state index is 0.0183. The van der Waals surface area contributed by atoms with Gasteiger partial charge in [-0.05, 0) is 37.1 Å². The largest absolute Gasteiger partial charge is 0.494 e. The topological polar surface area (TPSA) is 119 Å². The number of rotatable bonds is 8. The molecule has 2 amide bonds. The van der Waals surface area contributed by atoms with Crippen LogP contribution in [0.5, 0.6) is 5.75 Å². The molecule has 2 aromatic heterocycles. The molecule has 0 spiro atoms. The van der Waals surface area contributed by atoms with Gasteiger partial charge >= 0.3 is 0 Å². The molecular formula is C26H26N6O4. The molecule has 3 N–H and O–H groups in total. The number of nitrogens with one attached hydrogen (secondary N) is 3. The third-order valence-electron chi connectivity index (χ3n) is 6.06. The summed E-state index contributed by atoms with van der Waals surface area (Å²) in [5.41, 5.74) is 6.23. The third kappa shape index (κ3) is 4.46. The molecule has 10 heteroatoms. The summed E-state index contributed by atoms with van der Waals surface area (Å²) in [5.74, 6) is 1.08. The molecule has 0 saturated heterocycles. The maximum absolute atomic E-state index is 12.6. The lowest BCUT2D eigenvalue weighted by atomic mass is 10.1. The van der Waals surface area contributed by atoms with Crippen molar-refractivity contribution in [2.45, 2.75) is 12.8 Å². The highest BCUT2D eigenvalue weighted by molar-refractivity contribution is 6.01. The average Bonchev–Trinajstić information content (AvgIpc) is 3.68. The Bertz CT molecular complexity index is 1460. The number of ether oxygens (including phenoxy) is 1. The number of para-hydroxylation sites is 3. The van der Waals surface area contributed by atoms with Crippen molar-refractivity contribution in [3.8, 4) is 17.1 Å². The minimum atomic E-state index is -0.488. The van der Waals surface area contributed by atoms with E-state index in [0.717, 1.165) is 35.3 Å². The van der Waals surface area contributed by atoms with Crippen LogP contribution in [0, 0.1) is 5.92 Å². The van der Waals surface area contributed by atoms with Gasteiger partial charge in [0.15, 0.2) is 5.75 Å². The number of anilines is 3. The fraction of sp³-hybridized carbons (Fsp3) is 0.231. The molecule has 0 atom stereocenters. The Morgan fingerprint density at radius 2 is 1.86 bits per heavy atom. The molecule has 10 nitrogen and oxygen atoms in total. The number of amides is 2. The van der Waals surface area contributed by atoms with E-state index in [2.05, 4.69) is 21.1 Å². The first kappa shape index (κ1) is 23.3. The standard InChI is InChI=1S/C26H26N6O4/c1-32-21-10-5-4-8-18(21)29-24(32)16-7-6-9-19(23(16)35-2)28-20-13-22(30-25(33)15-11-12-15)27-14-17(20)26(34)31-36-3/h4-10,13-15H,11-12H2,1-3H3,(H,31,34)(H2,27,28,30,33). The normalized spacial score (nSPS) is 12.9. The van der Waals surface area contributed by atoms with Crippen molar-refractivity contribution >= 4 is 40.0 Å². The smallest absolute Gasteiger partial charge is 0.278 e. The number of pyridine rings is 1. The lowest BCUT2D eigenvalue weighted by molar-refractivity contribution is -0.117. The lowest BCUT2D eigenvalue weighted by Crippen LogP contribution is -2.23. The van der Waals surface area contributed by atoms with Crippen molar-refractivity contribution in [3.05, 3.63) is 60.3 Å². The molecule has 4 aromatic rings. The first-order valence-corrected chi connectivity index (χ1v) is 11.5. The summed E-state index contributed by atoms with van der Waals surface area (Å²) < 4.78 is 7.82. The van der Waals surface area contributed by atoms with Gasteiger partial charge in [-0.2, -0.15) is 0 Å². The summed E-state index contributed by atoms with van der Waals surface area (Å²) in [7, 11) is 4.89. The fourth-order valence-electron chi connectivity index (χ4n) is 4.09. The zero-order valence-corrected chi connectivity index (χ0v) is 20.2. The van der Waals surface area contributed by atoms with Crippen LogP contribution in [0.2, 0.25) is 0 Å². The van der Waals surface area contributed by atoms with Gasteiger partial charge in [0.05, 0.1) is 47.8 Å². The lowest BCUT2D eigenvalue weighted by Gasteiger charge is -2.17. The second-order valence-electron chi connectivity index (χ2n) is 8.51. The number of imidazole rings is 1. The molecule has 2 aromatic carbocycles. The molecule has 0 aliphatic heterocycles. The second-order valence-corrected chi connectivity index (χ2v) is 8.51. The van der Waals surface area contributed by atoms with Gasteiger partial charge in [0, 0.05) is 25.2 Å². The summed E-state index contributed by atoms with van der Waals surface area (Å²) in [5, 5.41) is 6.10. The van der Waals surface area contributed by atoms with Gasteiger partial charge in [-0.1, -0.05) is 18.2 Å². The Balaban J connectivity index is 1.55. The second kappa shape index (κ2) is 9.67. The van der Waals surface area contributed by atoms with Crippen LogP contribution in [-0.2, 0) is 16.7 Å². The van der Waals surface area contributed by atoms with Gasteiger partial charge in [0.1, 0.15) is 11.6 Å². The zero-order chi connectivity index (χ0) is 25.2. The van der Waals surface area contributed by atoms with Gasteiger partial charge in [0.2, 0.25) is 5.91 Å². The van der Waals surface area contributed by atoms with Crippen LogP contribution < -0.4 is 20.9 Å². The van der Waals surface area contributed by atoms with Crippen molar-refractivity contribution < 1.29 is 19.2 Å². The van der Waals surface area contributed by atoms with Crippen molar-refractivity contribution in [1.29, 1.82) is 0 Å². The summed E-state index contributed by atoms with van der Waals surface area (Å²) in [6.45, 7) is 0. The highest BCUT2D eigenvalue weighted by atomic mass is 16.6. The summed E-state index contributed by atoms with van der Waals surface area (Å²) in [6.07, 6.45) is 3.13. The van der Waals surface area contributed by atoms with Crippen molar-refractivity contribution in [1.82, 2.24) is 20.0 Å². The number of hydrogen-bond acceptors (Lipinski definition) is 7. The van der Waals surface area contributed by atoms with Crippen LogP contribution in [0.3, 0.4) is 0 Å². The number of fused-ring (bicyclic) bond motifs is 1. The van der Waals surface area contributed by atoms with Gasteiger partial charge in [-0.25, -0.2) is 15.4 Å². The number of methoxy groups -OCH3 is 1. The number of hydroxylamine groups is 1. The molecule has 0 radical (unpaired) electrons. The van der Waals surface area contributed by atoms with E-state index in [4.69, 9.17) is 14.6 Å². The number of carbonyl (C=O) groups excluding carboxylic acids is 2. The van der Waals surface area contributed by atoms with Crippen molar-refractivity contribution in [2.75, 3.05) is 24.9 Å². The molecule has 0 unspecified atom stereocenters. The molecule has 1 fully saturated rings. The van der Waals surface area contributed by atoms with E-state index in [0.29, 0.717) is 22.9 Å². The first-order chi connectivity index (χ1) is 17.5. The number of aryl methyl sites for hydroxylation is 1. The van der Waals surface area contributed by atoms with Crippen LogP contribution in [0.1, 0.15) is 23.2 Å². The molecule has 36 heavy (non-hydrogen) atoms. The summed E-state index contributed by atoms with van der Waals surface area (Å²) in [6, 6.07) is 15.2. The molecule has 184 valence electrons. The van der Waals surface area contributed by atoms with Crippen LogP contribution in [0.25, 0.3) is 22.4 Å². The van der Waals surface area contributed by atoms with Gasteiger partial charge < -0.3 is 19.9 Å². The Hall–Kier alpha value is -4.44. The van der Waals surface area contributed by atoms with Crippen LogP contribution in [0.4, 0.5) is 17.2 Å². The molecule has 2 heterocycles. The van der Waals surface area contributed by atoms with Crippen LogP contribution in [0.15, 0.2) is 54.7 Å². The SMILES string of the molecule is CONC(=O)c1cnc(NC(=O)C2CC2)cc1Nc1cccc(-c2nc3ccccc3n2C)c1OC. The maximum Gasteiger partial charge on any atom is 0.278 e. The van der Waals surface area contributed by atoms with Gasteiger partial charge in [0.25, 0.3) is 5.91 Å². The first-order valence-electron chi connectivity index (χ1n) is 11.5. The van der Waals surface area contributed by atoms with E-state index >= 15 is 0 Å². The predicted octanol–water partition coefficient (Wildman–Crippen LogP) is 4.03. The Morgan fingerprint density at radius 3 is 2.58 bits per heavy atom. The van der Waals surface area contributed by atoms with E-state index in [1.807, 2.05) is 54.1 Å². The highest BCUT2D eigenvalue weighted by Gasteiger charge is 2.30. The fourth-order valence-corrected chi connectivity index (χ4v) is 4.09. The highest BCUT2D eigenvalue weighted by Crippen LogP contribution is 2.39. The zero-order valence-electron chi connectivity index (χ0n) is 20.2. The van der Waals surface area contributed by atoms with Crippen molar-refractivity contribution in [2.24, 2.45) is 13.0 Å². The number of benzene rings is 2. The minimum Gasteiger partial charge on any atom is -0.494 e. The van der Waals surface area contributed by atoms with E-state index < -0.39 is 5.91 Å². The van der Waals surface area contributed by atoms with E-state index in [1.54, 1.807) is 13.2 Å². The van der Waals surface area contributed by atoms with Crippen LogP contribution in [-0.4, -0.2) is 40.6 Å². The quantitative estimate of drug-likeness (QED) is 0.322. The molecular weight excluding hydrogens is 460 g/mol. The summed E-state index contributed by atoms with van der Waals surface area (Å²) in [4.78, 5) is 38.8. The summed E-state index contributed by atoms with van der Waals surface area (Å²) >= 11 is 0. The number of carbonyl (C=O) groups is 2. The van der Waals surface area contributed by atoms with E-state index in [1.165, 1.54) is 13.3 Å². The Morgan fingerprint density at radius 1 is 1.06 bits per heavy atom. The number of nitrogens with zero attached hydrogens (tertiary/aromatic N) is 3. The van der Waals surface area contributed by atoms with Crippen LogP contribution >= 0.6 is 0 Å². The molecule has 1 aliphatic carbocycles. The van der Waals surface area contributed by atoms with E-state index in [9.17, 15) is 9.59 Å². The van der Waals surface area contributed by atoms with E-state index in [-0.39, 0.29) is 17.4 Å². The Kier molecular flexibility index (Phi) is 6.26. The number of aromatic nitrogens is 3. The maximum atomic E-state index is 12.6. The molecule has 5 rings (SSSR count). The third-order valence-corrected chi connectivity index (χ3v) is 6.06. The monoisotopic (exact) mass is 486 g/mol. The molecule has 0 bridgehead atoms. The van der Waals surface area contributed by atoms with Crippen molar-refractivity contribution in [3.63, 3.8) is 0 Å².